The first-order chi connectivity index (χ1) is 29.7. The molecule has 7 aromatic rings. The molecule has 1 aromatic heterocycles. The van der Waals surface area contributed by atoms with Crippen molar-refractivity contribution in [3.8, 4) is 0 Å². The summed E-state index contributed by atoms with van der Waals surface area (Å²) < 4.78 is 279. The Morgan fingerprint density at radius 3 is 0.667 bits per heavy atom. The van der Waals surface area contributed by atoms with Gasteiger partial charge in [-0.3, -0.25) is 0 Å². The molecule has 0 bridgehead atoms. The predicted octanol–water partition coefficient (Wildman–Crippen LogP) is 8.28. The summed E-state index contributed by atoms with van der Waals surface area (Å²) in [7, 11) is -0.877. The average Bonchev–Trinajstić information content (AvgIpc) is 3.28. The van der Waals surface area contributed by atoms with E-state index >= 15 is 35.1 Å². The van der Waals surface area contributed by atoms with Crippen molar-refractivity contribution in [1.82, 2.24) is 4.98 Å². The molecule has 1 nitrogen and oxygen atoms in total. The molecule has 326 valence electrons. The maximum absolute atomic E-state index is 15.3. The van der Waals surface area contributed by atoms with Crippen molar-refractivity contribution in [2.45, 2.75) is 0 Å². The molecule has 0 amide bonds. The van der Waals surface area contributed by atoms with E-state index in [2.05, 4.69) is 91.0 Å². The first-order valence-electron chi connectivity index (χ1n) is 17.2. The average molecular weight is 925 g/mol. The van der Waals surface area contributed by atoms with Crippen molar-refractivity contribution in [3.05, 3.63) is 202 Å². The molecule has 0 aliphatic heterocycles. The van der Waals surface area contributed by atoms with Crippen molar-refractivity contribution in [2.24, 2.45) is 0 Å². The zero-order valence-electron chi connectivity index (χ0n) is 30.4. The van der Waals surface area contributed by atoms with Crippen LogP contribution in [0.4, 0.5) is 83.4 Å². The van der Waals surface area contributed by atoms with Gasteiger partial charge in [0.2, 0.25) is 11.9 Å². The maximum atomic E-state index is 15.3. The molecule has 6 aromatic carbocycles. The fraction of sp³-hybridized carbons (Fsp3) is 0. The summed E-state index contributed by atoms with van der Waals surface area (Å²) in [5.41, 5.74) is -13.9. The van der Waals surface area contributed by atoms with Gasteiger partial charge in [0.05, 0.1) is 7.92 Å². The van der Waals surface area contributed by atoms with E-state index in [1.165, 1.54) is 15.9 Å². The summed E-state index contributed by atoms with van der Waals surface area (Å²) in [6.07, 6.45) is -7.08. The van der Waals surface area contributed by atoms with Gasteiger partial charge in [0.25, 0.3) is 0 Å². The molecule has 0 unspecified atom stereocenters. The SMILES string of the molecule is Fc1nc(F)c(F)c([B-](c2c(F)c(F)c(F)c(F)c2F)(c2c(F)c(F)c(F)c(F)c2F)c2c(F)c(F)c(F)c(F)c2F)c1F.c1ccc([PH+](c2ccccc2)c2ccccc2)cc1. The highest BCUT2D eigenvalue weighted by Gasteiger charge is 2.52. The maximum Gasteiger partial charge on any atom is 0.248 e. The summed E-state index contributed by atoms with van der Waals surface area (Å²) in [4.78, 5) is 1.85. The van der Waals surface area contributed by atoms with Gasteiger partial charge in [-0.25, -0.2) is 74.6 Å². The highest BCUT2D eigenvalue weighted by Crippen LogP contribution is 2.33. The third kappa shape index (κ3) is 7.55. The van der Waals surface area contributed by atoms with Crippen molar-refractivity contribution >= 4 is 51.8 Å². The molecule has 0 fully saturated rings. The smallest absolute Gasteiger partial charge is 0.207 e. The first-order valence-corrected chi connectivity index (χ1v) is 18.7. The lowest BCUT2D eigenvalue weighted by atomic mass is 9.12. The second-order valence-electron chi connectivity index (χ2n) is 13.0. The Morgan fingerprint density at radius 1 is 0.254 bits per heavy atom. The zero-order valence-corrected chi connectivity index (χ0v) is 31.4. The Bertz CT molecular complexity index is 2530. The van der Waals surface area contributed by atoms with Crippen LogP contribution >= 0.6 is 7.92 Å². The van der Waals surface area contributed by atoms with Crippen molar-refractivity contribution in [1.29, 1.82) is 0 Å². The van der Waals surface area contributed by atoms with Gasteiger partial charge in [-0.1, -0.05) is 54.6 Å². The second kappa shape index (κ2) is 17.8. The lowest BCUT2D eigenvalue weighted by Gasteiger charge is -2.44. The molecule has 7 rings (SSSR count). The Morgan fingerprint density at radius 2 is 0.444 bits per heavy atom. The number of halogens is 19. The molecule has 0 spiro atoms. The monoisotopic (exact) mass is 925 g/mol. The minimum atomic E-state index is -7.08. The zero-order chi connectivity index (χ0) is 46.4. The van der Waals surface area contributed by atoms with Crippen LogP contribution in [0.15, 0.2) is 91.0 Å². The molecule has 63 heavy (non-hydrogen) atoms. The fourth-order valence-corrected chi connectivity index (χ4v) is 9.65. The highest BCUT2D eigenvalue weighted by atomic mass is 31.1. The van der Waals surface area contributed by atoms with E-state index in [1.807, 2.05) is 4.98 Å². The quantitative estimate of drug-likeness (QED) is 0.0392. The molecule has 0 radical (unpaired) electrons. The van der Waals surface area contributed by atoms with E-state index in [0.29, 0.717) is 0 Å². The molecule has 0 atom stereocenters. The molecule has 0 aliphatic carbocycles. The van der Waals surface area contributed by atoms with Gasteiger partial charge in [-0.2, -0.15) is 13.8 Å². The van der Waals surface area contributed by atoms with E-state index < -0.39 is 147 Å². The van der Waals surface area contributed by atoms with Crippen molar-refractivity contribution in [2.75, 3.05) is 0 Å². The van der Waals surface area contributed by atoms with Crippen LogP contribution in [0, 0.1) is 111 Å². The molecule has 0 N–H and O–H groups in total. The van der Waals surface area contributed by atoms with Crippen molar-refractivity contribution < 1.29 is 83.4 Å². The number of pyridine rings is 1. The van der Waals surface area contributed by atoms with Gasteiger partial charge in [0.15, 0.2) is 52.4 Å². The van der Waals surface area contributed by atoms with E-state index in [-0.39, 0.29) is 0 Å². The lowest BCUT2D eigenvalue weighted by molar-refractivity contribution is 0.379. The van der Waals surface area contributed by atoms with Gasteiger partial charge in [-0.05, 0) is 36.4 Å². The Balaban J connectivity index is 0.000000287. The first kappa shape index (κ1) is 46.1. The number of nitrogens with zero attached hydrogens (tertiary/aromatic N) is 1. The Hall–Kier alpha value is -6.37. The summed E-state index contributed by atoms with van der Waals surface area (Å²) in [5, 5.41) is 4.31. The Labute approximate surface area is 341 Å². The van der Waals surface area contributed by atoms with Crippen LogP contribution < -0.4 is 37.8 Å². The number of hydrogen-bond acceptors (Lipinski definition) is 1. The number of aromatic nitrogens is 1. The molecular formula is C41H16BF19NP. The molecule has 0 aliphatic rings. The summed E-state index contributed by atoms with van der Waals surface area (Å²) in [5.74, 6) is -65.9. The number of hydrogen-bond donors (Lipinski definition) is 0. The molecule has 0 saturated carbocycles. The lowest BCUT2D eigenvalue weighted by Crippen LogP contribution is -2.81. The second-order valence-corrected chi connectivity index (χ2v) is 15.5. The minimum Gasteiger partial charge on any atom is -0.207 e. The van der Waals surface area contributed by atoms with Crippen LogP contribution in [0.5, 0.6) is 0 Å². The van der Waals surface area contributed by atoms with Crippen LogP contribution in [0.1, 0.15) is 0 Å². The minimum absolute atomic E-state index is 0.877. The third-order valence-electron chi connectivity index (χ3n) is 9.68. The van der Waals surface area contributed by atoms with Crippen LogP contribution in [-0.4, -0.2) is 11.1 Å². The number of rotatable bonds is 7. The molecule has 1 heterocycles. The van der Waals surface area contributed by atoms with E-state index in [9.17, 15) is 48.3 Å². The molecular weight excluding hydrogens is 909 g/mol. The summed E-state index contributed by atoms with van der Waals surface area (Å²) in [6.45, 7) is 0. The van der Waals surface area contributed by atoms with Gasteiger partial charge >= 0.3 is 0 Å². The fourth-order valence-electron chi connectivity index (χ4n) is 7.07. The predicted molar refractivity (Wildman–Crippen MR) is 194 cm³/mol. The Kier molecular flexibility index (Phi) is 13.0. The highest BCUT2D eigenvalue weighted by molar-refractivity contribution is 7.79. The third-order valence-corrected chi connectivity index (χ3v) is 12.4. The van der Waals surface area contributed by atoms with Crippen LogP contribution in [0.25, 0.3) is 0 Å². The van der Waals surface area contributed by atoms with E-state index in [4.69, 9.17) is 0 Å². The standard InChI is InChI=1S/C23BF19N.C18H15P/c25-5-1(6(26)14(34)19(39)13(5)33)24(4-11(31)22(42)44-23(43)12(4)32,2-7(27)15(35)20(40)16(36)8(2)28)3-9(29)17(37)21(41)18(38)10(3)30;1-4-10-16(11-5-1)19(17-12-6-2-7-13-17)18-14-8-3-9-15-18/h;1-15H/q-1;/p+1. The van der Waals surface area contributed by atoms with Gasteiger partial charge in [0, 0.05) is 0 Å². The van der Waals surface area contributed by atoms with Crippen LogP contribution in [0.3, 0.4) is 0 Å². The normalized spacial score (nSPS) is 11.6. The summed E-state index contributed by atoms with van der Waals surface area (Å²) in [6, 6.07) is 32.5. The topological polar surface area (TPSA) is 12.9 Å². The van der Waals surface area contributed by atoms with Crippen LogP contribution in [0.2, 0.25) is 0 Å². The van der Waals surface area contributed by atoms with Gasteiger partial charge in [0.1, 0.15) is 68.6 Å². The van der Waals surface area contributed by atoms with Crippen LogP contribution in [-0.2, 0) is 0 Å². The molecule has 22 heteroatoms. The molecule has 0 saturated heterocycles. The van der Waals surface area contributed by atoms with Gasteiger partial charge < -0.3 is 0 Å². The van der Waals surface area contributed by atoms with Gasteiger partial charge in [-0.15, -0.1) is 21.9 Å². The largest absolute Gasteiger partial charge is 0.248 e. The van der Waals surface area contributed by atoms with E-state index in [0.717, 1.165) is 0 Å². The summed E-state index contributed by atoms with van der Waals surface area (Å²) >= 11 is 0. The van der Waals surface area contributed by atoms with E-state index in [1.54, 1.807) is 0 Å². The number of benzene rings is 6. The van der Waals surface area contributed by atoms with Crippen molar-refractivity contribution in [3.63, 3.8) is 0 Å².